The molecule has 0 radical (unpaired) electrons. The summed E-state index contributed by atoms with van der Waals surface area (Å²) >= 11 is 0. The van der Waals surface area contributed by atoms with E-state index < -0.39 is 0 Å². The normalized spacial score (nSPS) is 39.7. The average Bonchev–Trinajstić information content (AvgIpc) is 3.83. The summed E-state index contributed by atoms with van der Waals surface area (Å²) in [6.07, 6.45) is 15.0. The molecule has 7 aliphatic rings. The van der Waals surface area contributed by atoms with Gasteiger partial charge in [-0.1, -0.05) is 32.4 Å². The Balaban J connectivity index is 0.929. The number of piperazine rings is 1. The molecule has 1 aromatic rings. The van der Waals surface area contributed by atoms with E-state index in [0.717, 1.165) is 95.6 Å². The van der Waals surface area contributed by atoms with Crippen LogP contribution in [0, 0.1) is 40.4 Å². The van der Waals surface area contributed by atoms with Gasteiger partial charge < -0.3 is 19.8 Å². The predicted molar refractivity (Wildman–Crippen MR) is 184 cm³/mol. The van der Waals surface area contributed by atoms with Crippen LogP contribution in [0.4, 0.5) is 17.6 Å². The highest BCUT2D eigenvalue weighted by Crippen LogP contribution is 2.67. The molecular weight excluding hydrogens is 572 g/mol. The van der Waals surface area contributed by atoms with Gasteiger partial charge in [0.1, 0.15) is 11.6 Å². The van der Waals surface area contributed by atoms with Crippen molar-refractivity contribution in [1.29, 1.82) is 0 Å². The van der Waals surface area contributed by atoms with Gasteiger partial charge in [-0.3, -0.25) is 9.69 Å². The Bertz CT molecular complexity index is 1300. The maximum atomic E-state index is 14.3. The summed E-state index contributed by atoms with van der Waals surface area (Å²) < 4.78 is 0. The third-order valence-corrected chi connectivity index (χ3v) is 14.3. The first-order chi connectivity index (χ1) is 22.2. The minimum atomic E-state index is -0.152. The summed E-state index contributed by atoms with van der Waals surface area (Å²) in [6, 6.07) is 2.22. The van der Waals surface area contributed by atoms with Gasteiger partial charge in [-0.25, -0.2) is 0 Å². The summed E-state index contributed by atoms with van der Waals surface area (Å²) in [5.41, 5.74) is 1.91. The molecular formula is C38H58N6O2. The van der Waals surface area contributed by atoms with Crippen molar-refractivity contribution >= 4 is 23.4 Å². The van der Waals surface area contributed by atoms with Crippen LogP contribution in [-0.2, 0) is 4.79 Å². The molecule has 6 fully saturated rings. The average molecular weight is 631 g/mol. The summed E-state index contributed by atoms with van der Waals surface area (Å²) in [5, 5.41) is 10.4. The number of rotatable bonds is 6. The number of aromatic nitrogens is 2. The van der Waals surface area contributed by atoms with E-state index in [1.165, 1.54) is 50.5 Å². The second kappa shape index (κ2) is 12.0. The van der Waals surface area contributed by atoms with E-state index >= 15 is 0 Å². The lowest BCUT2D eigenvalue weighted by atomic mass is 9.47. The second-order valence-corrected chi connectivity index (χ2v) is 16.9. The highest BCUT2D eigenvalue weighted by Gasteiger charge is 2.61. The molecule has 0 spiro atoms. The third kappa shape index (κ3) is 5.28. The Morgan fingerprint density at radius 1 is 0.870 bits per heavy atom. The molecule has 0 bridgehead atoms. The number of allylic oxidation sites excluding steroid dienone is 1. The third-order valence-electron chi connectivity index (χ3n) is 14.3. The lowest BCUT2D eigenvalue weighted by Gasteiger charge is -2.58. The van der Waals surface area contributed by atoms with Gasteiger partial charge in [0.2, 0.25) is 5.95 Å². The van der Waals surface area contributed by atoms with Gasteiger partial charge in [0.15, 0.2) is 5.78 Å². The molecule has 8 rings (SSSR count). The monoisotopic (exact) mass is 630 g/mol. The zero-order valence-corrected chi connectivity index (χ0v) is 28.8. The molecule has 3 saturated carbocycles. The van der Waals surface area contributed by atoms with E-state index in [2.05, 4.69) is 52.5 Å². The van der Waals surface area contributed by atoms with Gasteiger partial charge in [0.05, 0.1) is 12.6 Å². The van der Waals surface area contributed by atoms with Crippen molar-refractivity contribution in [3.63, 3.8) is 0 Å². The van der Waals surface area contributed by atoms with Crippen LogP contribution in [0.3, 0.4) is 0 Å². The zero-order chi connectivity index (χ0) is 31.6. The van der Waals surface area contributed by atoms with Gasteiger partial charge in [-0.2, -0.15) is 9.97 Å². The van der Waals surface area contributed by atoms with E-state index in [9.17, 15) is 9.90 Å². The highest BCUT2D eigenvalue weighted by molar-refractivity contribution is 5.84. The van der Waals surface area contributed by atoms with Crippen molar-refractivity contribution in [2.75, 3.05) is 73.6 Å². The van der Waals surface area contributed by atoms with Crippen LogP contribution in [0.25, 0.3) is 0 Å². The number of aliphatic hydroxyl groups is 1. The fourth-order valence-electron chi connectivity index (χ4n) is 11.9. The lowest BCUT2D eigenvalue weighted by molar-refractivity contribution is -0.132. The van der Waals surface area contributed by atoms with E-state index in [4.69, 9.17) is 9.97 Å². The first kappa shape index (κ1) is 31.1. The summed E-state index contributed by atoms with van der Waals surface area (Å²) in [6.45, 7) is 15.9. The Morgan fingerprint density at radius 2 is 1.52 bits per heavy atom. The molecule has 8 heteroatoms. The highest BCUT2D eigenvalue weighted by atomic mass is 16.3. The summed E-state index contributed by atoms with van der Waals surface area (Å²) in [4.78, 5) is 34.1. The van der Waals surface area contributed by atoms with Gasteiger partial charge in [0, 0.05) is 64.3 Å². The Hall–Kier alpha value is -2.19. The number of carbonyl (C=O) groups is 1. The van der Waals surface area contributed by atoms with Crippen molar-refractivity contribution in [3.05, 3.63) is 17.7 Å². The Kier molecular flexibility index (Phi) is 8.15. The molecule has 4 aliphatic carbocycles. The van der Waals surface area contributed by atoms with E-state index in [0.29, 0.717) is 36.0 Å². The summed E-state index contributed by atoms with van der Waals surface area (Å²) in [7, 11) is 0. The Morgan fingerprint density at radius 3 is 2.22 bits per heavy atom. The first-order valence-corrected chi connectivity index (χ1v) is 19.0. The van der Waals surface area contributed by atoms with Crippen LogP contribution in [0.5, 0.6) is 0 Å². The number of ketones is 1. The number of Topliss-reactive ketones (excluding diaryl/α,β-unsaturated/α-hetero) is 1. The van der Waals surface area contributed by atoms with Crippen molar-refractivity contribution < 1.29 is 9.90 Å². The zero-order valence-electron chi connectivity index (χ0n) is 28.8. The molecule has 0 amide bonds. The van der Waals surface area contributed by atoms with Crippen molar-refractivity contribution in [3.8, 4) is 0 Å². The second-order valence-electron chi connectivity index (χ2n) is 16.9. The molecule has 1 N–H and O–H groups in total. The molecule has 8 atom stereocenters. The molecule has 0 aromatic carbocycles. The molecule has 252 valence electrons. The summed E-state index contributed by atoms with van der Waals surface area (Å²) in [5.74, 6) is 6.24. The Labute approximate surface area is 277 Å². The van der Waals surface area contributed by atoms with Crippen LogP contribution in [0.2, 0.25) is 0 Å². The number of hydrogen-bond donors (Lipinski definition) is 1. The number of fused-ring (bicyclic) bond motifs is 5. The standard InChI is InChI=1S/C38H58N6O2/c1-26-22-31-29-9-8-27-23-28(45)10-12-37(27,2)30(29)11-13-38(31,3)35(26)32(46)25-41-18-20-43(21-19-41)34-24-33(42-14-4-5-15-42)39-36(40-34)44-16-6-7-17-44/h8,24,26,28-31,35,45H,4-7,9-23,25H2,1-3H3/t26-,28-,29-,30+,31+,35-,37+,38+/m1/s1. The number of carbonyl (C=O) groups excluding carboxylic acids is 1. The molecule has 4 heterocycles. The van der Waals surface area contributed by atoms with Gasteiger partial charge in [-0.15, -0.1) is 0 Å². The predicted octanol–water partition coefficient (Wildman–Crippen LogP) is 5.55. The smallest absolute Gasteiger partial charge is 0.229 e. The number of anilines is 3. The van der Waals surface area contributed by atoms with E-state index in [-0.39, 0.29) is 22.9 Å². The van der Waals surface area contributed by atoms with E-state index in [1.807, 2.05) is 0 Å². The fraction of sp³-hybridized carbons (Fsp3) is 0.816. The minimum absolute atomic E-state index is 0.119. The molecule has 46 heavy (non-hydrogen) atoms. The largest absolute Gasteiger partial charge is 0.393 e. The maximum Gasteiger partial charge on any atom is 0.229 e. The number of hydrogen-bond acceptors (Lipinski definition) is 8. The quantitative estimate of drug-likeness (QED) is 0.410. The topological polar surface area (TPSA) is 76.0 Å². The molecule has 8 nitrogen and oxygen atoms in total. The number of aliphatic hydroxyl groups excluding tert-OH is 1. The number of nitrogens with zero attached hydrogens (tertiary/aromatic N) is 6. The molecule has 1 aromatic heterocycles. The maximum absolute atomic E-state index is 14.3. The molecule has 0 unspecified atom stereocenters. The van der Waals surface area contributed by atoms with Crippen LogP contribution in [0.15, 0.2) is 17.7 Å². The van der Waals surface area contributed by atoms with Gasteiger partial charge in [0.25, 0.3) is 0 Å². The fourth-order valence-corrected chi connectivity index (χ4v) is 11.9. The van der Waals surface area contributed by atoms with Crippen molar-refractivity contribution in [1.82, 2.24) is 14.9 Å². The van der Waals surface area contributed by atoms with Crippen LogP contribution in [-0.4, -0.2) is 90.8 Å². The lowest BCUT2D eigenvalue weighted by Crippen LogP contribution is -2.53. The molecule has 3 aliphatic heterocycles. The van der Waals surface area contributed by atoms with E-state index in [1.54, 1.807) is 0 Å². The molecule has 3 saturated heterocycles. The first-order valence-electron chi connectivity index (χ1n) is 19.0. The van der Waals surface area contributed by atoms with Crippen LogP contribution < -0.4 is 14.7 Å². The van der Waals surface area contributed by atoms with Crippen LogP contribution in [0.1, 0.15) is 91.4 Å². The van der Waals surface area contributed by atoms with Gasteiger partial charge in [-0.05, 0) is 105 Å². The van der Waals surface area contributed by atoms with Gasteiger partial charge >= 0.3 is 0 Å². The van der Waals surface area contributed by atoms with Crippen molar-refractivity contribution in [2.45, 2.75) is 97.5 Å². The van der Waals surface area contributed by atoms with Crippen molar-refractivity contribution in [2.24, 2.45) is 40.4 Å². The minimum Gasteiger partial charge on any atom is -0.393 e. The SMILES string of the molecule is C[C@@H]1C[C@H]2[C@@H]3CC=C4C[C@H](O)CC[C@]4(C)[C@H]3CC[C@]2(C)[C@H]1C(=O)CN1CCN(c2cc(N3CCCC3)nc(N3CCCC3)n2)CC1. The van der Waals surface area contributed by atoms with Crippen LogP contribution >= 0.6 is 0 Å².